The van der Waals surface area contributed by atoms with Crippen LogP contribution in [-0.2, 0) is 14.8 Å². The van der Waals surface area contributed by atoms with Crippen molar-refractivity contribution >= 4 is 27.6 Å². The summed E-state index contributed by atoms with van der Waals surface area (Å²) in [6.07, 6.45) is 0.207. The molecule has 0 fully saturated rings. The van der Waals surface area contributed by atoms with E-state index in [1.807, 2.05) is 13.8 Å². The van der Waals surface area contributed by atoms with E-state index in [1.165, 1.54) is 18.2 Å². The van der Waals surface area contributed by atoms with Crippen LogP contribution in [0.4, 0.5) is 0 Å². The second-order valence-corrected chi connectivity index (χ2v) is 6.66. The molecule has 5 nitrogen and oxygen atoms in total. The topological polar surface area (TPSA) is 83.5 Å². The van der Waals surface area contributed by atoms with Gasteiger partial charge in [0.25, 0.3) is 0 Å². The third-order valence-electron chi connectivity index (χ3n) is 2.43. The number of rotatable bonds is 6. The Kier molecular flexibility index (Phi) is 5.34. The second kappa shape index (κ2) is 6.36. The lowest BCUT2D eigenvalue weighted by Crippen LogP contribution is -2.41. The van der Waals surface area contributed by atoms with E-state index in [-0.39, 0.29) is 22.3 Å². The van der Waals surface area contributed by atoms with E-state index in [1.54, 1.807) is 6.07 Å². The molecule has 0 amide bonds. The highest BCUT2D eigenvalue weighted by atomic mass is 35.5. The number of aliphatic carboxylic acids is 1. The zero-order valence-corrected chi connectivity index (χ0v) is 12.2. The predicted molar refractivity (Wildman–Crippen MR) is 72.7 cm³/mol. The van der Waals surface area contributed by atoms with E-state index in [2.05, 4.69) is 4.72 Å². The molecule has 7 heteroatoms. The van der Waals surface area contributed by atoms with Gasteiger partial charge in [-0.3, -0.25) is 4.79 Å². The van der Waals surface area contributed by atoms with Gasteiger partial charge in [-0.2, -0.15) is 4.72 Å². The number of sulfonamides is 1. The quantitative estimate of drug-likeness (QED) is 0.843. The molecule has 0 bridgehead atoms. The Morgan fingerprint density at radius 2 is 1.95 bits per heavy atom. The van der Waals surface area contributed by atoms with Gasteiger partial charge >= 0.3 is 5.97 Å². The van der Waals surface area contributed by atoms with Crippen molar-refractivity contribution in [1.82, 2.24) is 4.72 Å². The van der Waals surface area contributed by atoms with Gasteiger partial charge in [0.2, 0.25) is 10.0 Å². The maximum atomic E-state index is 12.1. The Labute approximate surface area is 117 Å². The Morgan fingerprint density at radius 1 is 1.37 bits per heavy atom. The molecule has 19 heavy (non-hydrogen) atoms. The fourth-order valence-electron chi connectivity index (χ4n) is 1.58. The van der Waals surface area contributed by atoms with Crippen molar-refractivity contribution in [3.8, 4) is 0 Å². The van der Waals surface area contributed by atoms with Crippen molar-refractivity contribution in [2.45, 2.75) is 31.2 Å². The Balaban J connectivity index is 3.01. The van der Waals surface area contributed by atoms with Crippen molar-refractivity contribution in [1.29, 1.82) is 0 Å². The zero-order valence-electron chi connectivity index (χ0n) is 10.6. The summed E-state index contributed by atoms with van der Waals surface area (Å²) in [6.45, 7) is 3.64. The van der Waals surface area contributed by atoms with Gasteiger partial charge in [-0.05, 0) is 24.5 Å². The van der Waals surface area contributed by atoms with Crippen LogP contribution in [0.2, 0.25) is 5.02 Å². The van der Waals surface area contributed by atoms with E-state index in [0.29, 0.717) is 0 Å². The van der Waals surface area contributed by atoms with Crippen molar-refractivity contribution in [2.24, 2.45) is 5.92 Å². The van der Waals surface area contributed by atoms with Crippen LogP contribution in [-0.4, -0.2) is 25.5 Å². The van der Waals surface area contributed by atoms with E-state index in [9.17, 15) is 13.2 Å². The van der Waals surface area contributed by atoms with Crippen LogP contribution in [0.5, 0.6) is 0 Å². The van der Waals surface area contributed by atoms with E-state index in [0.717, 1.165) is 0 Å². The van der Waals surface area contributed by atoms with Gasteiger partial charge in [-0.15, -0.1) is 0 Å². The fourth-order valence-corrected chi connectivity index (χ4v) is 3.31. The number of hydrogen-bond acceptors (Lipinski definition) is 3. The minimum absolute atomic E-state index is 0.0510. The summed E-state index contributed by atoms with van der Waals surface area (Å²) in [5.41, 5.74) is 0. The minimum Gasteiger partial charge on any atom is -0.480 e. The summed E-state index contributed by atoms with van der Waals surface area (Å²) < 4.78 is 26.4. The molecular weight excluding hydrogens is 290 g/mol. The minimum atomic E-state index is -3.94. The molecule has 2 N–H and O–H groups in total. The molecule has 0 aliphatic carbocycles. The third-order valence-corrected chi connectivity index (χ3v) is 4.40. The van der Waals surface area contributed by atoms with Gasteiger partial charge in [0.05, 0.1) is 5.02 Å². The van der Waals surface area contributed by atoms with Gasteiger partial charge < -0.3 is 5.11 Å². The fraction of sp³-hybridized carbons (Fsp3) is 0.417. The molecule has 0 saturated carbocycles. The average molecular weight is 306 g/mol. The van der Waals surface area contributed by atoms with Crippen molar-refractivity contribution in [3.63, 3.8) is 0 Å². The first kappa shape index (κ1) is 15.9. The van der Waals surface area contributed by atoms with E-state index in [4.69, 9.17) is 16.7 Å². The Hall–Kier alpha value is -1.11. The average Bonchev–Trinajstić information content (AvgIpc) is 2.27. The lowest BCUT2D eigenvalue weighted by Gasteiger charge is -2.17. The van der Waals surface area contributed by atoms with Gasteiger partial charge in [-0.25, -0.2) is 8.42 Å². The molecule has 0 aromatic heterocycles. The third kappa shape index (κ3) is 4.49. The molecule has 1 atom stereocenters. The first-order valence-electron chi connectivity index (χ1n) is 5.73. The Bertz CT molecular complexity index is 557. The number of benzene rings is 1. The van der Waals surface area contributed by atoms with Crippen LogP contribution in [0.1, 0.15) is 20.3 Å². The van der Waals surface area contributed by atoms with Gasteiger partial charge in [-0.1, -0.05) is 37.6 Å². The largest absolute Gasteiger partial charge is 0.480 e. The summed E-state index contributed by atoms with van der Waals surface area (Å²) in [4.78, 5) is 11.0. The molecule has 0 aliphatic heterocycles. The molecule has 0 radical (unpaired) electrons. The van der Waals surface area contributed by atoms with Crippen LogP contribution in [0, 0.1) is 5.92 Å². The number of carboxylic acids is 1. The number of nitrogens with one attached hydrogen (secondary N) is 1. The van der Waals surface area contributed by atoms with Crippen molar-refractivity contribution in [3.05, 3.63) is 29.3 Å². The summed E-state index contributed by atoms with van der Waals surface area (Å²) in [5, 5.41) is 9.10. The summed E-state index contributed by atoms with van der Waals surface area (Å²) in [5.74, 6) is -1.15. The lowest BCUT2D eigenvalue weighted by atomic mass is 10.1. The highest BCUT2D eigenvalue weighted by Gasteiger charge is 2.27. The number of halogens is 1. The van der Waals surface area contributed by atoms with E-state index < -0.39 is 22.0 Å². The van der Waals surface area contributed by atoms with Gasteiger partial charge in [0, 0.05) is 0 Å². The maximum absolute atomic E-state index is 12.1. The SMILES string of the molecule is CC(C)CC(NS(=O)(=O)c1ccccc1Cl)C(=O)O. The lowest BCUT2D eigenvalue weighted by molar-refractivity contribution is -0.139. The molecule has 0 heterocycles. The summed E-state index contributed by atoms with van der Waals surface area (Å²) >= 11 is 5.81. The highest BCUT2D eigenvalue weighted by molar-refractivity contribution is 7.89. The van der Waals surface area contributed by atoms with Gasteiger partial charge in [0.15, 0.2) is 0 Å². The number of hydrogen-bond donors (Lipinski definition) is 2. The first-order chi connectivity index (χ1) is 8.74. The molecule has 1 aromatic rings. The molecule has 106 valence electrons. The highest BCUT2D eigenvalue weighted by Crippen LogP contribution is 2.21. The van der Waals surface area contributed by atoms with Crippen molar-refractivity contribution in [2.75, 3.05) is 0 Å². The summed E-state index contributed by atoms with van der Waals surface area (Å²) in [6, 6.07) is 4.73. The molecule has 1 unspecified atom stereocenters. The van der Waals surface area contributed by atoms with Crippen LogP contribution < -0.4 is 4.72 Å². The predicted octanol–water partition coefficient (Wildman–Crippen LogP) is 2.12. The van der Waals surface area contributed by atoms with Crippen LogP contribution in [0.3, 0.4) is 0 Å². The number of carboxylic acid groups (broad SMARTS) is 1. The monoisotopic (exact) mass is 305 g/mol. The molecule has 0 spiro atoms. The molecule has 1 rings (SSSR count). The van der Waals surface area contributed by atoms with Gasteiger partial charge in [0.1, 0.15) is 10.9 Å². The maximum Gasteiger partial charge on any atom is 0.321 e. The van der Waals surface area contributed by atoms with Crippen molar-refractivity contribution < 1.29 is 18.3 Å². The summed E-state index contributed by atoms with van der Waals surface area (Å²) in [7, 11) is -3.94. The van der Waals surface area contributed by atoms with Crippen LogP contribution >= 0.6 is 11.6 Å². The Morgan fingerprint density at radius 3 is 2.42 bits per heavy atom. The zero-order chi connectivity index (χ0) is 14.6. The number of carbonyl (C=O) groups is 1. The standard InChI is InChI=1S/C12H16ClNO4S/c1-8(2)7-10(12(15)16)14-19(17,18)11-6-4-3-5-9(11)13/h3-6,8,10,14H,7H2,1-2H3,(H,15,16). The van der Waals surface area contributed by atoms with E-state index >= 15 is 0 Å². The molecule has 0 aliphatic rings. The molecule has 1 aromatic carbocycles. The molecule has 0 saturated heterocycles. The normalized spacial score (nSPS) is 13.5. The first-order valence-corrected chi connectivity index (χ1v) is 7.60. The van der Waals surface area contributed by atoms with Crippen LogP contribution in [0.15, 0.2) is 29.2 Å². The molecular formula is C12H16ClNO4S. The smallest absolute Gasteiger partial charge is 0.321 e. The second-order valence-electron chi connectivity index (χ2n) is 4.57. The van der Waals surface area contributed by atoms with Crippen LogP contribution in [0.25, 0.3) is 0 Å².